The first-order chi connectivity index (χ1) is 14.7. The fourth-order valence-electron chi connectivity index (χ4n) is 4.73. The lowest BCUT2D eigenvalue weighted by Gasteiger charge is -2.38. The van der Waals surface area contributed by atoms with Gasteiger partial charge in [0.05, 0.1) is 6.61 Å². The van der Waals surface area contributed by atoms with Gasteiger partial charge in [-0.05, 0) is 32.3 Å². The van der Waals surface area contributed by atoms with Gasteiger partial charge in [-0.3, -0.25) is 9.59 Å². The minimum Gasteiger partial charge on any atom is -0.501 e. The minimum atomic E-state index is -0.763. The highest BCUT2D eigenvalue weighted by molar-refractivity contribution is 5.95. The van der Waals surface area contributed by atoms with Crippen LogP contribution >= 0.6 is 0 Å². The SMILES string of the molecule is CCC1Cn2c(CC(CC)(COC)c3cc(C)cc(C)c3)nc(=O)c(O)c2C(=O)N1C. The van der Waals surface area contributed by atoms with E-state index in [1.54, 1.807) is 23.6 Å². The molecule has 0 saturated carbocycles. The summed E-state index contributed by atoms with van der Waals surface area (Å²) in [5.41, 5.74) is 2.29. The molecule has 0 fully saturated rings. The Morgan fingerprint density at radius 2 is 1.84 bits per heavy atom. The van der Waals surface area contributed by atoms with E-state index in [4.69, 9.17) is 4.74 Å². The van der Waals surface area contributed by atoms with Crippen molar-refractivity contribution in [3.63, 3.8) is 0 Å². The number of methoxy groups -OCH3 is 1. The van der Waals surface area contributed by atoms with Gasteiger partial charge in [-0.15, -0.1) is 0 Å². The number of rotatable bonds is 7. The van der Waals surface area contributed by atoms with E-state index in [2.05, 4.69) is 44.0 Å². The summed E-state index contributed by atoms with van der Waals surface area (Å²) in [5, 5.41) is 10.4. The normalized spacial score (nSPS) is 18.1. The Bertz CT molecular complexity index is 1030. The van der Waals surface area contributed by atoms with E-state index in [1.165, 1.54) is 0 Å². The lowest BCUT2D eigenvalue weighted by molar-refractivity contribution is 0.0634. The van der Waals surface area contributed by atoms with Crippen molar-refractivity contribution in [3.8, 4) is 5.75 Å². The molecule has 1 aliphatic rings. The summed E-state index contributed by atoms with van der Waals surface area (Å²) in [4.78, 5) is 31.3. The second-order valence-corrected chi connectivity index (χ2v) is 8.74. The van der Waals surface area contributed by atoms with Crippen LogP contribution in [-0.2, 0) is 23.1 Å². The smallest absolute Gasteiger partial charge is 0.315 e. The standard InChI is InChI=1S/C24H33N3O4/c1-7-18-13-27-19(25-22(29)21(28)20(27)23(30)26(18)5)12-24(8-2,14-31-6)17-10-15(3)9-16(4)11-17/h9-11,18,28H,7-8,12-14H2,1-6H3. The Morgan fingerprint density at radius 3 is 2.39 bits per heavy atom. The number of carbonyl (C=O) groups is 1. The average Bonchev–Trinajstić information content (AvgIpc) is 2.72. The van der Waals surface area contributed by atoms with Crippen molar-refractivity contribution in [2.45, 2.75) is 65.0 Å². The average molecular weight is 428 g/mol. The number of carbonyl (C=O) groups excluding carboxylic acids is 1. The molecule has 7 heteroatoms. The number of ether oxygens (including phenoxy) is 1. The van der Waals surface area contributed by atoms with Crippen LogP contribution in [0.5, 0.6) is 5.75 Å². The highest BCUT2D eigenvalue weighted by Crippen LogP contribution is 2.35. The molecule has 1 amide bonds. The molecule has 168 valence electrons. The van der Waals surface area contributed by atoms with E-state index < -0.39 is 16.7 Å². The van der Waals surface area contributed by atoms with Crippen LogP contribution in [0.25, 0.3) is 0 Å². The lowest BCUT2D eigenvalue weighted by atomic mass is 9.74. The molecule has 0 aliphatic carbocycles. The van der Waals surface area contributed by atoms with Gasteiger partial charge in [-0.25, -0.2) is 0 Å². The van der Waals surface area contributed by atoms with Gasteiger partial charge in [-0.1, -0.05) is 43.2 Å². The first kappa shape index (κ1) is 23.0. The minimum absolute atomic E-state index is 0.0258. The maximum absolute atomic E-state index is 13.0. The number of benzene rings is 1. The molecule has 3 rings (SSSR count). The summed E-state index contributed by atoms with van der Waals surface area (Å²) in [6, 6.07) is 6.40. The number of hydrogen-bond acceptors (Lipinski definition) is 5. The number of aromatic hydroxyl groups is 1. The van der Waals surface area contributed by atoms with Crippen LogP contribution in [0, 0.1) is 13.8 Å². The summed E-state index contributed by atoms with van der Waals surface area (Å²) in [5.74, 6) is -0.414. The Kier molecular flexibility index (Phi) is 6.55. The molecule has 31 heavy (non-hydrogen) atoms. The fraction of sp³-hybridized carbons (Fsp3) is 0.542. The summed E-state index contributed by atoms with van der Waals surface area (Å²) >= 11 is 0. The maximum atomic E-state index is 13.0. The molecule has 2 aromatic rings. The number of likely N-dealkylation sites (N-methyl/N-ethyl adjacent to an activating group) is 1. The van der Waals surface area contributed by atoms with E-state index >= 15 is 0 Å². The molecule has 0 spiro atoms. The number of fused-ring (bicyclic) bond motifs is 1. The summed E-state index contributed by atoms with van der Waals surface area (Å²) in [7, 11) is 3.38. The molecule has 0 saturated heterocycles. The molecular weight excluding hydrogens is 394 g/mol. The second-order valence-electron chi connectivity index (χ2n) is 8.74. The third-order valence-corrected chi connectivity index (χ3v) is 6.60. The van der Waals surface area contributed by atoms with Crippen molar-refractivity contribution in [1.82, 2.24) is 14.5 Å². The van der Waals surface area contributed by atoms with Crippen molar-refractivity contribution in [2.24, 2.45) is 0 Å². The number of aromatic nitrogens is 2. The highest BCUT2D eigenvalue weighted by atomic mass is 16.5. The van der Waals surface area contributed by atoms with Crippen LogP contribution < -0.4 is 5.56 Å². The van der Waals surface area contributed by atoms with Crippen LogP contribution in [0.2, 0.25) is 0 Å². The zero-order valence-electron chi connectivity index (χ0n) is 19.4. The number of nitrogens with zero attached hydrogens (tertiary/aromatic N) is 3. The Morgan fingerprint density at radius 1 is 1.19 bits per heavy atom. The van der Waals surface area contributed by atoms with Crippen molar-refractivity contribution >= 4 is 5.91 Å². The first-order valence-corrected chi connectivity index (χ1v) is 10.8. The molecule has 0 bridgehead atoms. The van der Waals surface area contributed by atoms with Crippen molar-refractivity contribution in [1.29, 1.82) is 0 Å². The fourth-order valence-corrected chi connectivity index (χ4v) is 4.73. The van der Waals surface area contributed by atoms with Gasteiger partial charge in [0.1, 0.15) is 5.82 Å². The predicted octanol–water partition coefficient (Wildman–Crippen LogP) is 2.97. The van der Waals surface area contributed by atoms with Gasteiger partial charge >= 0.3 is 5.56 Å². The van der Waals surface area contributed by atoms with Gasteiger partial charge in [0, 0.05) is 38.6 Å². The van der Waals surface area contributed by atoms with E-state index in [0.29, 0.717) is 25.4 Å². The molecule has 2 unspecified atom stereocenters. The topological polar surface area (TPSA) is 84.7 Å². The zero-order valence-corrected chi connectivity index (χ0v) is 19.4. The van der Waals surface area contributed by atoms with Crippen LogP contribution in [0.1, 0.15) is 59.7 Å². The van der Waals surface area contributed by atoms with Crippen molar-refractivity contribution < 1.29 is 14.6 Å². The summed E-state index contributed by atoms with van der Waals surface area (Å²) < 4.78 is 7.39. The third kappa shape index (κ3) is 4.11. The van der Waals surface area contributed by atoms with Crippen LogP contribution in [0.4, 0.5) is 0 Å². The van der Waals surface area contributed by atoms with E-state index in [-0.39, 0.29) is 17.6 Å². The van der Waals surface area contributed by atoms with Gasteiger partial charge in [0.15, 0.2) is 5.69 Å². The summed E-state index contributed by atoms with van der Waals surface area (Å²) in [6.45, 7) is 9.18. The van der Waals surface area contributed by atoms with Gasteiger partial charge < -0.3 is 19.3 Å². The summed E-state index contributed by atoms with van der Waals surface area (Å²) in [6.07, 6.45) is 1.96. The van der Waals surface area contributed by atoms with Crippen LogP contribution in [0.15, 0.2) is 23.0 Å². The zero-order chi connectivity index (χ0) is 22.9. The maximum Gasteiger partial charge on any atom is 0.315 e. The lowest BCUT2D eigenvalue weighted by Crippen LogP contribution is -2.48. The Balaban J connectivity index is 2.20. The molecular formula is C24H33N3O4. The Labute approximate surface area is 183 Å². The van der Waals surface area contributed by atoms with Gasteiger partial charge in [0.25, 0.3) is 5.91 Å². The largest absolute Gasteiger partial charge is 0.501 e. The van der Waals surface area contributed by atoms with E-state index in [0.717, 1.165) is 29.5 Å². The first-order valence-electron chi connectivity index (χ1n) is 10.8. The highest BCUT2D eigenvalue weighted by Gasteiger charge is 2.38. The van der Waals surface area contributed by atoms with Crippen molar-refractivity contribution in [3.05, 3.63) is 56.8 Å². The Hall–Kier alpha value is -2.67. The predicted molar refractivity (Wildman–Crippen MR) is 120 cm³/mol. The second kappa shape index (κ2) is 8.83. The quantitative estimate of drug-likeness (QED) is 0.734. The number of aryl methyl sites for hydroxylation is 2. The molecule has 1 N–H and O–H groups in total. The third-order valence-electron chi connectivity index (χ3n) is 6.60. The molecule has 1 aromatic carbocycles. The van der Waals surface area contributed by atoms with Crippen LogP contribution in [0.3, 0.4) is 0 Å². The monoisotopic (exact) mass is 427 g/mol. The van der Waals surface area contributed by atoms with Crippen LogP contribution in [-0.4, -0.2) is 52.3 Å². The van der Waals surface area contributed by atoms with E-state index in [1.807, 2.05) is 6.92 Å². The van der Waals surface area contributed by atoms with Gasteiger partial charge in [-0.2, -0.15) is 4.98 Å². The molecule has 2 heterocycles. The molecule has 7 nitrogen and oxygen atoms in total. The molecule has 0 radical (unpaired) electrons. The molecule has 1 aliphatic heterocycles. The van der Waals surface area contributed by atoms with Gasteiger partial charge in [0.2, 0.25) is 5.75 Å². The van der Waals surface area contributed by atoms with Crippen molar-refractivity contribution in [2.75, 3.05) is 20.8 Å². The van der Waals surface area contributed by atoms with E-state index in [9.17, 15) is 14.7 Å². The number of hydrogen-bond donors (Lipinski definition) is 1. The molecule has 1 aromatic heterocycles. The number of amides is 1. The molecule has 2 atom stereocenters.